The fourth-order valence-electron chi connectivity index (χ4n) is 7.72. The van der Waals surface area contributed by atoms with Crippen molar-refractivity contribution in [1.29, 1.82) is 0 Å². The van der Waals surface area contributed by atoms with Crippen LogP contribution in [-0.4, -0.2) is 83.1 Å². The van der Waals surface area contributed by atoms with Gasteiger partial charge in [0.2, 0.25) is 29.4 Å². The molecular weight excluding hydrogens is 804 g/mol. The highest BCUT2D eigenvalue weighted by Crippen LogP contribution is 2.32. The molecule has 15 nitrogen and oxygen atoms in total. The lowest BCUT2D eigenvalue weighted by atomic mass is 9.98. The fraction of sp³-hybridized carbons (Fsp3) is 0.409. The lowest BCUT2D eigenvalue weighted by Gasteiger charge is -2.28. The Labute approximate surface area is 356 Å². The van der Waals surface area contributed by atoms with Gasteiger partial charge in [-0.25, -0.2) is 9.37 Å². The molecule has 7 N–H and O–H groups in total. The molecule has 4 aromatic rings. The summed E-state index contributed by atoms with van der Waals surface area (Å²) >= 11 is 1.18. The summed E-state index contributed by atoms with van der Waals surface area (Å²) in [5.74, 6) is -4.17. The van der Waals surface area contributed by atoms with E-state index in [9.17, 15) is 33.2 Å². The molecule has 322 valence electrons. The number of amides is 4. The lowest BCUT2D eigenvalue weighted by Crippen LogP contribution is -2.58. The molecule has 3 aromatic carbocycles. The van der Waals surface area contributed by atoms with Gasteiger partial charge in [-0.05, 0) is 86.4 Å². The van der Waals surface area contributed by atoms with Gasteiger partial charge in [0.15, 0.2) is 11.0 Å². The van der Waals surface area contributed by atoms with Crippen LogP contribution in [0.4, 0.5) is 10.1 Å². The predicted molar refractivity (Wildman–Crippen MR) is 229 cm³/mol. The van der Waals surface area contributed by atoms with E-state index in [2.05, 4.69) is 25.9 Å². The van der Waals surface area contributed by atoms with Gasteiger partial charge in [0.1, 0.15) is 30.0 Å². The minimum absolute atomic E-state index is 0.118. The topological polar surface area (TPSA) is 228 Å². The number of rotatable bonds is 18. The van der Waals surface area contributed by atoms with Gasteiger partial charge in [0.05, 0.1) is 16.3 Å². The number of nitrogens with one attached hydrogen (secondary N) is 3. The van der Waals surface area contributed by atoms with E-state index in [0.717, 1.165) is 42.4 Å². The van der Waals surface area contributed by atoms with Crippen LogP contribution in [-0.2, 0) is 41.6 Å². The quantitative estimate of drug-likeness (QED) is 0.0318. The molecule has 1 aliphatic heterocycles. The molecule has 4 atom stereocenters. The summed E-state index contributed by atoms with van der Waals surface area (Å²) < 4.78 is 20.5. The lowest BCUT2D eigenvalue weighted by molar-refractivity contribution is -0.151. The number of esters is 1. The first kappa shape index (κ1) is 44.3. The molecule has 17 heteroatoms. The van der Waals surface area contributed by atoms with Gasteiger partial charge in [0, 0.05) is 38.4 Å². The molecule has 0 bridgehead atoms. The van der Waals surface area contributed by atoms with Crippen LogP contribution in [0.5, 0.6) is 0 Å². The highest BCUT2D eigenvalue weighted by atomic mass is 32.1. The summed E-state index contributed by atoms with van der Waals surface area (Å²) in [5, 5.41) is 8.49. The average molecular weight is 855 g/mol. The molecule has 1 aromatic heterocycles. The minimum atomic E-state index is -1.35. The summed E-state index contributed by atoms with van der Waals surface area (Å²) in [6.07, 6.45) is 4.28. The van der Waals surface area contributed by atoms with Gasteiger partial charge in [-0.15, -0.1) is 11.3 Å². The molecule has 1 fully saturated rings. The third-order valence-electron chi connectivity index (χ3n) is 10.8. The van der Waals surface area contributed by atoms with Crippen molar-refractivity contribution in [3.63, 3.8) is 0 Å². The number of ether oxygens (including phenoxy) is 1. The van der Waals surface area contributed by atoms with Crippen molar-refractivity contribution in [1.82, 2.24) is 20.9 Å². The Hall–Kier alpha value is -6.23. The monoisotopic (exact) mass is 854 g/mol. The maximum atomic E-state index is 14.4. The van der Waals surface area contributed by atoms with E-state index in [-0.39, 0.29) is 61.6 Å². The van der Waals surface area contributed by atoms with E-state index >= 15 is 0 Å². The van der Waals surface area contributed by atoms with Crippen molar-refractivity contribution >= 4 is 68.6 Å². The number of nitrogens with two attached hydrogens (primary N) is 2. The third-order valence-corrected chi connectivity index (χ3v) is 11.9. The second kappa shape index (κ2) is 20.8. The third kappa shape index (κ3) is 12.0. The number of hydrogen-bond acceptors (Lipinski definition) is 10. The number of aliphatic imine (C=N–C) groups is 1. The number of Topliss-reactive ketones (excluding diaryl/α,β-unsaturated/α-hetero) is 1. The Bertz CT molecular complexity index is 2220. The fourth-order valence-corrected chi connectivity index (χ4v) is 8.68. The molecule has 4 amide bonds. The number of para-hydroxylation sites is 2. The number of thiazole rings is 1. The zero-order valence-electron chi connectivity index (χ0n) is 33.9. The van der Waals surface area contributed by atoms with Gasteiger partial charge < -0.3 is 32.2 Å². The van der Waals surface area contributed by atoms with Crippen LogP contribution in [0.15, 0.2) is 77.8 Å². The predicted octanol–water partition coefficient (Wildman–Crippen LogP) is 4.00. The Morgan fingerprint density at radius 1 is 0.869 bits per heavy atom. The number of hydrogen-bond donors (Lipinski definition) is 5. The van der Waals surface area contributed by atoms with Gasteiger partial charge in [-0.2, -0.15) is 0 Å². The Kier molecular flexibility index (Phi) is 15.1. The molecule has 0 spiro atoms. The molecule has 2 heterocycles. The van der Waals surface area contributed by atoms with E-state index < -0.39 is 59.5 Å². The first-order valence-electron chi connectivity index (χ1n) is 20.5. The van der Waals surface area contributed by atoms with Gasteiger partial charge in [-0.1, -0.05) is 48.9 Å². The number of nitrogens with zero attached hydrogens (tertiary/aromatic N) is 3. The minimum Gasteiger partial charge on any atom is -0.462 e. The number of guanidine groups is 1. The zero-order chi connectivity index (χ0) is 43.5. The number of halogens is 1. The van der Waals surface area contributed by atoms with Crippen LogP contribution in [0, 0.1) is 5.82 Å². The van der Waals surface area contributed by atoms with Crippen LogP contribution >= 0.6 is 11.3 Å². The standard InChI is InChI=1S/C44H51FN8O7S/c1-26(54)53-35-15-7-5-10-28(35)25-36(53)42(59)50-33(21-22-38(55)60-30-11-3-2-4-12-30)40(57)51-34(24-27-17-19-29(45)20-18-27)41(58)49-32(14-9-23-48-44(46)47)39(56)43-52-31-13-6-8-16-37(31)61-43/h5-8,10,13,15-20,30,32-34,36H,2-4,9,11-12,14,21-25H2,1H3,(H,49,58)(H,50,59)(H,51,57)(H4,46,47,48)/t32-,33-,34-,36-/m0/s1. The number of fused-ring (bicyclic) bond motifs is 2. The molecule has 1 aliphatic carbocycles. The number of aromatic nitrogens is 1. The second-order valence-electron chi connectivity index (χ2n) is 15.3. The van der Waals surface area contributed by atoms with Crippen LogP contribution in [0.2, 0.25) is 0 Å². The maximum absolute atomic E-state index is 14.4. The van der Waals surface area contributed by atoms with Gasteiger partial charge in [0.25, 0.3) is 0 Å². The number of anilines is 1. The number of carbonyl (C=O) groups is 6. The first-order chi connectivity index (χ1) is 29.4. The summed E-state index contributed by atoms with van der Waals surface area (Å²) in [4.78, 5) is 92.6. The van der Waals surface area contributed by atoms with E-state index in [4.69, 9.17) is 16.2 Å². The highest BCUT2D eigenvalue weighted by molar-refractivity contribution is 7.20. The smallest absolute Gasteiger partial charge is 0.306 e. The largest absolute Gasteiger partial charge is 0.462 e. The zero-order valence-corrected chi connectivity index (χ0v) is 34.8. The number of carbonyl (C=O) groups excluding carboxylic acids is 6. The summed E-state index contributed by atoms with van der Waals surface area (Å²) in [5.41, 5.74) is 13.5. The molecule has 0 unspecified atom stereocenters. The molecule has 0 radical (unpaired) electrons. The van der Waals surface area contributed by atoms with E-state index in [0.29, 0.717) is 23.2 Å². The Morgan fingerprint density at radius 3 is 2.28 bits per heavy atom. The van der Waals surface area contributed by atoms with Crippen molar-refractivity contribution in [3.05, 3.63) is 94.7 Å². The van der Waals surface area contributed by atoms with Crippen molar-refractivity contribution in [3.8, 4) is 0 Å². The molecule has 0 saturated heterocycles. The normalized spacial score (nSPS) is 16.4. The van der Waals surface area contributed by atoms with E-state index in [1.807, 2.05) is 18.2 Å². The van der Waals surface area contributed by atoms with Crippen molar-refractivity contribution in [2.75, 3.05) is 11.4 Å². The Balaban J connectivity index is 1.25. The van der Waals surface area contributed by atoms with Gasteiger partial charge in [-0.3, -0.25) is 38.7 Å². The highest BCUT2D eigenvalue weighted by Gasteiger charge is 2.39. The molecule has 1 saturated carbocycles. The Morgan fingerprint density at radius 2 is 1.56 bits per heavy atom. The average Bonchev–Trinajstić information content (AvgIpc) is 3.87. The van der Waals surface area contributed by atoms with Crippen molar-refractivity contribution < 1.29 is 37.9 Å². The van der Waals surface area contributed by atoms with Crippen LogP contribution in [0.1, 0.15) is 85.6 Å². The maximum Gasteiger partial charge on any atom is 0.306 e. The number of benzene rings is 3. The van der Waals surface area contributed by atoms with Gasteiger partial charge >= 0.3 is 5.97 Å². The first-order valence-corrected chi connectivity index (χ1v) is 21.4. The van der Waals surface area contributed by atoms with E-state index in [1.165, 1.54) is 47.4 Å². The molecular formula is C44H51FN8O7S. The van der Waals surface area contributed by atoms with Crippen LogP contribution in [0.3, 0.4) is 0 Å². The summed E-state index contributed by atoms with van der Waals surface area (Å²) in [6.45, 7) is 1.53. The molecule has 6 rings (SSSR count). The van der Waals surface area contributed by atoms with Crippen LogP contribution < -0.4 is 32.3 Å². The molecule has 61 heavy (non-hydrogen) atoms. The number of ketones is 1. The van der Waals surface area contributed by atoms with Crippen molar-refractivity contribution in [2.24, 2.45) is 16.5 Å². The summed E-state index contributed by atoms with van der Waals surface area (Å²) in [6, 6.07) is 14.9. The van der Waals surface area contributed by atoms with Crippen LogP contribution in [0.25, 0.3) is 10.2 Å². The summed E-state index contributed by atoms with van der Waals surface area (Å²) in [7, 11) is 0. The molecule has 2 aliphatic rings. The van der Waals surface area contributed by atoms with E-state index in [1.54, 1.807) is 30.3 Å². The second-order valence-corrected chi connectivity index (χ2v) is 16.4. The van der Waals surface area contributed by atoms with Crippen molar-refractivity contribution in [2.45, 2.75) is 108 Å². The SMILES string of the molecule is CC(=O)N1c2ccccc2C[C@H]1C(=O)N[C@@H](CCC(=O)OC1CCCCC1)C(=O)N[C@@H](Cc1ccc(F)cc1)C(=O)N[C@@H](CCCN=C(N)N)C(=O)c1nc2ccccc2s1.